The van der Waals surface area contributed by atoms with Crippen LogP contribution in [0.3, 0.4) is 0 Å². The Labute approximate surface area is 168 Å². The first-order valence-electron chi connectivity index (χ1n) is 9.45. The first kappa shape index (κ1) is 19.2. The van der Waals surface area contributed by atoms with Crippen molar-refractivity contribution >= 4 is 23.5 Å². The topological polar surface area (TPSA) is 67.6 Å². The highest BCUT2D eigenvalue weighted by Crippen LogP contribution is 2.43. The maximum atomic E-state index is 13.4. The van der Waals surface area contributed by atoms with Crippen molar-refractivity contribution in [3.8, 4) is 0 Å². The smallest absolute Gasteiger partial charge is 0.324 e. The van der Waals surface area contributed by atoms with Crippen molar-refractivity contribution in [2.45, 2.75) is 44.6 Å². The standard InChI is InChI=1S/C20H23ClFN3O3/c1-12-13(2)24-28-18(12)23-19(26)25-7-5-20(6-8-25)10-15(11-27-20)14-3-4-17(22)16(21)9-14/h3-4,9,15H,5-8,10-11H2,1-2H3,(H,23,26). The molecule has 3 heterocycles. The van der Waals surface area contributed by atoms with Gasteiger partial charge < -0.3 is 14.2 Å². The van der Waals surface area contributed by atoms with E-state index in [2.05, 4.69) is 10.5 Å². The summed E-state index contributed by atoms with van der Waals surface area (Å²) in [6, 6.07) is 4.68. The van der Waals surface area contributed by atoms with E-state index in [1.165, 1.54) is 6.07 Å². The lowest BCUT2D eigenvalue weighted by atomic mass is 9.83. The van der Waals surface area contributed by atoms with Crippen LogP contribution < -0.4 is 5.32 Å². The van der Waals surface area contributed by atoms with Crippen molar-refractivity contribution in [3.05, 3.63) is 45.9 Å². The quantitative estimate of drug-likeness (QED) is 0.786. The second-order valence-corrected chi connectivity index (χ2v) is 8.12. The molecule has 2 aliphatic heterocycles. The molecule has 8 heteroatoms. The second-order valence-electron chi connectivity index (χ2n) is 7.71. The molecule has 0 saturated carbocycles. The van der Waals surface area contributed by atoms with Gasteiger partial charge in [-0.05, 0) is 50.8 Å². The molecular formula is C20H23ClFN3O3. The first-order chi connectivity index (χ1) is 13.4. The van der Waals surface area contributed by atoms with Gasteiger partial charge in [-0.15, -0.1) is 0 Å². The number of hydrogen-bond donors (Lipinski definition) is 1. The van der Waals surface area contributed by atoms with Crippen molar-refractivity contribution in [2.75, 3.05) is 25.0 Å². The molecule has 0 bridgehead atoms. The summed E-state index contributed by atoms with van der Waals surface area (Å²) in [5.41, 5.74) is 2.36. The summed E-state index contributed by atoms with van der Waals surface area (Å²) in [5, 5.41) is 6.79. The fraction of sp³-hybridized carbons (Fsp3) is 0.500. The van der Waals surface area contributed by atoms with Crippen LogP contribution in [0.1, 0.15) is 42.0 Å². The maximum Gasteiger partial charge on any atom is 0.324 e. The van der Waals surface area contributed by atoms with Gasteiger partial charge in [0.05, 0.1) is 22.9 Å². The lowest BCUT2D eigenvalue weighted by molar-refractivity contribution is -0.0355. The first-order valence-corrected chi connectivity index (χ1v) is 9.82. The largest absolute Gasteiger partial charge is 0.374 e. The van der Waals surface area contributed by atoms with Gasteiger partial charge in [0.1, 0.15) is 5.82 Å². The SMILES string of the molecule is Cc1noc(NC(=O)N2CCC3(CC2)CC(c2ccc(F)c(Cl)c2)CO3)c1C. The van der Waals surface area contributed by atoms with Crippen LogP contribution in [0.25, 0.3) is 0 Å². The molecule has 1 spiro atoms. The summed E-state index contributed by atoms with van der Waals surface area (Å²) in [6.45, 7) is 5.50. The van der Waals surface area contributed by atoms with Gasteiger partial charge in [-0.3, -0.25) is 5.32 Å². The number of likely N-dealkylation sites (tertiary alicyclic amines) is 1. The molecular weight excluding hydrogens is 385 g/mol. The number of aromatic nitrogens is 1. The molecule has 0 aliphatic carbocycles. The van der Waals surface area contributed by atoms with Crippen LogP contribution in [-0.2, 0) is 4.74 Å². The highest BCUT2D eigenvalue weighted by molar-refractivity contribution is 6.30. The number of urea groups is 1. The van der Waals surface area contributed by atoms with Crippen molar-refractivity contribution < 1.29 is 18.4 Å². The second kappa shape index (κ2) is 7.37. The van der Waals surface area contributed by atoms with Crippen LogP contribution in [0.15, 0.2) is 22.7 Å². The van der Waals surface area contributed by atoms with Gasteiger partial charge >= 0.3 is 6.03 Å². The average molecular weight is 408 g/mol. The number of rotatable bonds is 2. The Morgan fingerprint density at radius 3 is 2.75 bits per heavy atom. The zero-order valence-corrected chi connectivity index (χ0v) is 16.7. The molecule has 6 nitrogen and oxygen atoms in total. The predicted octanol–water partition coefficient (Wildman–Crippen LogP) is 4.65. The minimum Gasteiger partial charge on any atom is -0.374 e. The molecule has 1 unspecified atom stereocenters. The van der Waals surface area contributed by atoms with E-state index in [-0.39, 0.29) is 22.6 Å². The van der Waals surface area contributed by atoms with E-state index in [9.17, 15) is 9.18 Å². The molecule has 150 valence electrons. The lowest BCUT2D eigenvalue weighted by Crippen LogP contribution is -2.47. The molecule has 0 radical (unpaired) electrons. The summed E-state index contributed by atoms with van der Waals surface area (Å²) < 4.78 is 24.7. The van der Waals surface area contributed by atoms with Gasteiger partial charge in [-0.25, -0.2) is 9.18 Å². The fourth-order valence-corrected chi connectivity index (χ4v) is 4.19. The van der Waals surface area contributed by atoms with E-state index < -0.39 is 5.82 Å². The van der Waals surface area contributed by atoms with E-state index in [1.54, 1.807) is 17.0 Å². The molecule has 2 amide bonds. The number of anilines is 1. The van der Waals surface area contributed by atoms with Crippen molar-refractivity contribution in [1.82, 2.24) is 10.1 Å². The Balaban J connectivity index is 1.35. The van der Waals surface area contributed by atoms with Crippen LogP contribution >= 0.6 is 11.6 Å². The number of benzene rings is 1. The van der Waals surface area contributed by atoms with Crippen LogP contribution in [0, 0.1) is 19.7 Å². The van der Waals surface area contributed by atoms with Crippen molar-refractivity contribution in [3.63, 3.8) is 0 Å². The third-order valence-corrected chi connectivity index (χ3v) is 6.25. The van der Waals surface area contributed by atoms with Crippen LogP contribution in [0.5, 0.6) is 0 Å². The van der Waals surface area contributed by atoms with Crippen LogP contribution in [-0.4, -0.2) is 41.4 Å². The summed E-state index contributed by atoms with van der Waals surface area (Å²) in [4.78, 5) is 14.3. The van der Waals surface area contributed by atoms with E-state index in [4.69, 9.17) is 20.9 Å². The van der Waals surface area contributed by atoms with E-state index >= 15 is 0 Å². The Kier molecular flexibility index (Phi) is 5.05. The number of carbonyl (C=O) groups excluding carboxylic acids is 1. The Morgan fingerprint density at radius 1 is 1.36 bits per heavy atom. The normalized spacial score (nSPS) is 21.3. The average Bonchev–Trinajstić information content (AvgIpc) is 3.23. The maximum absolute atomic E-state index is 13.4. The molecule has 1 aromatic carbocycles. The van der Waals surface area contributed by atoms with Crippen LogP contribution in [0.4, 0.5) is 15.1 Å². The van der Waals surface area contributed by atoms with Crippen molar-refractivity contribution in [2.24, 2.45) is 0 Å². The van der Waals surface area contributed by atoms with E-state index in [1.807, 2.05) is 13.8 Å². The van der Waals surface area contributed by atoms with Gasteiger partial charge in [0.15, 0.2) is 0 Å². The number of nitrogens with one attached hydrogen (secondary N) is 1. The molecule has 1 aromatic heterocycles. The molecule has 1 N–H and O–H groups in total. The minimum absolute atomic E-state index is 0.142. The van der Waals surface area contributed by atoms with E-state index in [0.717, 1.165) is 36.1 Å². The number of carbonyl (C=O) groups is 1. The lowest BCUT2D eigenvalue weighted by Gasteiger charge is -2.38. The third kappa shape index (κ3) is 3.61. The fourth-order valence-electron chi connectivity index (χ4n) is 4.00. The number of halogens is 2. The number of piperidine rings is 1. The third-order valence-electron chi connectivity index (χ3n) is 5.96. The van der Waals surface area contributed by atoms with Gasteiger partial charge in [-0.2, -0.15) is 0 Å². The summed E-state index contributed by atoms with van der Waals surface area (Å²) in [7, 11) is 0. The van der Waals surface area contributed by atoms with Gasteiger partial charge in [0.25, 0.3) is 0 Å². The molecule has 2 aliphatic rings. The highest BCUT2D eigenvalue weighted by atomic mass is 35.5. The number of nitrogens with zero attached hydrogens (tertiary/aromatic N) is 2. The molecule has 28 heavy (non-hydrogen) atoms. The number of ether oxygens (including phenoxy) is 1. The molecule has 1 atom stereocenters. The number of hydrogen-bond acceptors (Lipinski definition) is 4. The van der Waals surface area contributed by atoms with Gasteiger partial charge in [-0.1, -0.05) is 22.8 Å². The molecule has 2 fully saturated rings. The molecule has 2 aromatic rings. The summed E-state index contributed by atoms with van der Waals surface area (Å²) in [5.74, 6) is 0.182. The summed E-state index contributed by atoms with van der Waals surface area (Å²) in [6.07, 6.45) is 2.38. The molecule has 2 saturated heterocycles. The highest BCUT2D eigenvalue weighted by Gasteiger charge is 2.44. The number of amides is 2. The Morgan fingerprint density at radius 2 is 2.11 bits per heavy atom. The van der Waals surface area contributed by atoms with Gasteiger partial charge in [0, 0.05) is 24.6 Å². The zero-order chi connectivity index (χ0) is 19.9. The van der Waals surface area contributed by atoms with Crippen LogP contribution in [0.2, 0.25) is 5.02 Å². The van der Waals surface area contributed by atoms with E-state index in [0.29, 0.717) is 25.6 Å². The Hall–Kier alpha value is -2.12. The minimum atomic E-state index is -0.407. The monoisotopic (exact) mass is 407 g/mol. The summed E-state index contributed by atoms with van der Waals surface area (Å²) >= 11 is 5.92. The zero-order valence-electron chi connectivity index (χ0n) is 15.9. The Bertz CT molecular complexity index is 893. The predicted molar refractivity (Wildman–Crippen MR) is 103 cm³/mol. The number of aryl methyl sites for hydroxylation is 1. The molecule has 4 rings (SSSR count). The van der Waals surface area contributed by atoms with Gasteiger partial charge in [0.2, 0.25) is 5.88 Å². The van der Waals surface area contributed by atoms with Crippen molar-refractivity contribution in [1.29, 1.82) is 0 Å².